The van der Waals surface area contributed by atoms with E-state index in [4.69, 9.17) is 0 Å². The summed E-state index contributed by atoms with van der Waals surface area (Å²) >= 11 is 1.24. The van der Waals surface area contributed by atoms with Gasteiger partial charge in [0, 0.05) is 52.1 Å². The molecule has 0 amide bonds. The van der Waals surface area contributed by atoms with E-state index < -0.39 is 23.6 Å². The highest BCUT2D eigenvalue weighted by atomic mass is 32.1. The van der Waals surface area contributed by atoms with Gasteiger partial charge in [0.2, 0.25) is 0 Å². The number of fused-ring (bicyclic) bond motifs is 1. The van der Waals surface area contributed by atoms with Crippen LogP contribution < -0.4 is 10.2 Å². The lowest BCUT2D eigenvalue weighted by atomic mass is 9.92. The van der Waals surface area contributed by atoms with Crippen molar-refractivity contribution in [3.05, 3.63) is 88.8 Å². The topological polar surface area (TPSA) is 52.6 Å². The molecule has 1 fully saturated rings. The van der Waals surface area contributed by atoms with Crippen molar-refractivity contribution in [2.45, 2.75) is 51.4 Å². The van der Waals surface area contributed by atoms with Crippen LogP contribution >= 0.6 is 11.3 Å². The molecule has 3 aromatic carbocycles. The minimum atomic E-state index is -4.41. The number of hydrogen-bond donors (Lipinski definition) is 2. The number of halogens is 3. The van der Waals surface area contributed by atoms with Crippen LogP contribution in [0, 0.1) is 5.92 Å². The van der Waals surface area contributed by atoms with E-state index in [2.05, 4.69) is 31.0 Å². The van der Waals surface area contributed by atoms with Crippen LogP contribution in [0.1, 0.15) is 61.2 Å². The Balaban J connectivity index is 1.53. The van der Waals surface area contributed by atoms with Crippen LogP contribution in [0.3, 0.4) is 0 Å². The number of aliphatic hydroxyl groups is 1. The van der Waals surface area contributed by atoms with Gasteiger partial charge in [-0.1, -0.05) is 42.5 Å². The zero-order valence-corrected chi connectivity index (χ0v) is 24.3. The highest BCUT2D eigenvalue weighted by Gasteiger charge is 2.31. The van der Waals surface area contributed by atoms with Crippen molar-refractivity contribution in [2.75, 3.05) is 24.5 Å². The molecule has 216 valence electrons. The van der Waals surface area contributed by atoms with Gasteiger partial charge in [-0.25, -0.2) is 0 Å². The van der Waals surface area contributed by atoms with Gasteiger partial charge in [-0.15, -0.1) is 11.3 Å². The molecule has 2 heterocycles. The van der Waals surface area contributed by atoms with Crippen LogP contribution in [0.2, 0.25) is 0 Å². The summed E-state index contributed by atoms with van der Waals surface area (Å²) in [4.78, 5) is 16.1. The summed E-state index contributed by atoms with van der Waals surface area (Å²) < 4.78 is 40.4. The second kappa shape index (κ2) is 11.6. The normalized spacial score (nSPS) is 17.1. The standard InChI is InChI=1S/C33H35F3N2O2S/c1-32(2,3)37-18-21-8-7-15-38(19-21)28-14-11-23(16-26(28)31(40)30(39)22-9-5-4-6-10-22)27-20-41-29-17-24(33(34,35)36)12-13-25(27)29/h4-6,9-14,16-17,20-21,30,37,39H,7-8,15,18-19H2,1-3H3/t21-,30?/m1/s1. The summed E-state index contributed by atoms with van der Waals surface area (Å²) in [5.41, 5.74) is 2.51. The largest absolute Gasteiger partial charge is 0.416 e. The van der Waals surface area contributed by atoms with Crippen LogP contribution in [0.4, 0.5) is 18.9 Å². The molecule has 2 N–H and O–H groups in total. The zero-order chi connectivity index (χ0) is 29.4. The maximum absolute atomic E-state index is 13.9. The van der Waals surface area contributed by atoms with E-state index in [9.17, 15) is 23.1 Å². The molecule has 41 heavy (non-hydrogen) atoms. The molecule has 1 aliphatic heterocycles. The first-order valence-corrected chi connectivity index (χ1v) is 14.8. The van der Waals surface area contributed by atoms with Crippen LogP contribution in [-0.2, 0) is 6.18 Å². The first kappa shape index (κ1) is 29.3. The fourth-order valence-electron chi connectivity index (χ4n) is 5.44. The van der Waals surface area contributed by atoms with Crippen molar-refractivity contribution in [3.63, 3.8) is 0 Å². The lowest BCUT2D eigenvalue weighted by molar-refractivity contribution is -0.137. The van der Waals surface area contributed by atoms with Gasteiger partial charge in [0.05, 0.1) is 5.56 Å². The summed E-state index contributed by atoms with van der Waals surface area (Å²) in [7, 11) is 0. The Hall–Kier alpha value is -3.20. The quantitative estimate of drug-likeness (QED) is 0.217. The van der Waals surface area contributed by atoms with E-state index in [1.54, 1.807) is 30.3 Å². The number of aliphatic hydroxyl groups excluding tert-OH is 1. The third-order valence-corrected chi connectivity index (χ3v) is 8.57. The Morgan fingerprint density at radius 2 is 1.83 bits per heavy atom. The number of Topliss-reactive ketones (excluding diaryl/α,β-unsaturated/α-hetero) is 1. The summed E-state index contributed by atoms with van der Waals surface area (Å²) in [6.07, 6.45) is -3.66. The molecule has 0 bridgehead atoms. The molecule has 1 aromatic heterocycles. The monoisotopic (exact) mass is 580 g/mol. The molecule has 8 heteroatoms. The van der Waals surface area contributed by atoms with Gasteiger partial charge in [0.25, 0.3) is 0 Å². The molecular formula is C33H35F3N2O2S. The number of hydrogen-bond acceptors (Lipinski definition) is 5. The van der Waals surface area contributed by atoms with Crippen molar-refractivity contribution < 1.29 is 23.1 Å². The number of benzene rings is 3. The number of nitrogens with one attached hydrogen (secondary N) is 1. The lowest BCUT2D eigenvalue weighted by Crippen LogP contribution is -2.45. The smallest absolute Gasteiger partial charge is 0.380 e. The van der Waals surface area contributed by atoms with Crippen LogP contribution in [0.25, 0.3) is 21.2 Å². The summed E-state index contributed by atoms with van der Waals surface area (Å²) in [6.45, 7) is 8.89. The van der Waals surface area contributed by atoms with Gasteiger partial charge in [-0.2, -0.15) is 13.2 Å². The number of carbonyl (C=O) groups excluding carboxylic acids is 1. The first-order chi connectivity index (χ1) is 19.4. The van der Waals surface area contributed by atoms with E-state index in [0.717, 1.165) is 55.4 Å². The van der Waals surface area contributed by atoms with Crippen molar-refractivity contribution in [1.29, 1.82) is 0 Å². The minimum absolute atomic E-state index is 0.00895. The second-order valence-electron chi connectivity index (χ2n) is 11.9. The number of piperidine rings is 1. The Kier molecular flexibility index (Phi) is 8.28. The van der Waals surface area contributed by atoms with Crippen molar-refractivity contribution in [1.82, 2.24) is 5.32 Å². The second-order valence-corrected chi connectivity index (χ2v) is 12.8. The number of anilines is 1. The van der Waals surface area contributed by atoms with Crippen LogP contribution in [0.5, 0.6) is 0 Å². The van der Waals surface area contributed by atoms with Crippen LogP contribution in [0.15, 0.2) is 72.1 Å². The number of nitrogens with zero attached hydrogens (tertiary/aromatic N) is 1. The molecule has 1 unspecified atom stereocenters. The molecule has 0 radical (unpaired) electrons. The number of ketones is 1. The molecule has 0 saturated carbocycles. The maximum atomic E-state index is 13.9. The summed E-state index contributed by atoms with van der Waals surface area (Å²) in [6, 6.07) is 18.3. The molecule has 1 saturated heterocycles. The first-order valence-electron chi connectivity index (χ1n) is 13.9. The van der Waals surface area contributed by atoms with Crippen molar-refractivity contribution >= 4 is 32.9 Å². The van der Waals surface area contributed by atoms with Gasteiger partial charge < -0.3 is 15.3 Å². The van der Waals surface area contributed by atoms with Gasteiger partial charge in [-0.3, -0.25) is 4.79 Å². The number of carbonyl (C=O) groups is 1. The van der Waals surface area contributed by atoms with E-state index in [1.165, 1.54) is 23.5 Å². The fraction of sp³-hybridized carbons (Fsp3) is 0.364. The third kappa shape index (κ3) is 6.66. The molecule has 0 aliphatic carbocycles. The van der Waals surface area contributed by atoms with E-state index >= 15 is 0 Å². The molecule has 0 spiro atoms. The Morgan fingerprint density at radius 1 is 1.07 bits per heavy atom. The maximum Gasteiger partial charge on any atom is 0.416 e. The highest BCUT2D eigenvalue weighted by molar-refractivity contribution is 7.17. The van der Waals surface area contributed by atoms with Crippen molar-refractivity contribution in [3.8, 4) is 11.1 Å². The Labute approximate surface area is 242 Å². The molecule has 4 aromatic rings. The van der Waals surface area contributed by atoms with Gasteiger partial charge in [0.15, 0.2) is 5.78 Å². The number of rotatable bonds is 7. The lowest BCUT2D eigenvalue weighted by Gasteiger charge is -2.37. The number of alkyl halides is 3. The molecule has 2 atom stereocenters. The predicted octanol–water partition coefficient (Wildman–Crippen LogP) is 8.11. The molecule has 4 nitrogen and oxygen atoms in total. The van der Waals surface area contributed by atoms with Gasteiger partial charge >= 0.3 is 6.18 Å². The summed E-state index contributed by atoms with van der Waals surface area (Å²) in [5, 5.41) is 17.2. The van der Waals surface area contributed by atoms with Crippen LogP contribution in [-0.4, -0.2) is 36.1 Å². The predicted molar refractivity (Wildman–Crippen MR) is 161 cm³/mol. The molecule has 5 rings (SSSR count). The number of thiophene rings is 1. The molecule has 1 aliphatic rings. The Bertz CT molecular complexity index is 1530. The average Bonchev–Trinajstić information content (AvgIpc) is 3.38. The zero-order valence-electron chi connectivity index (χ0n) is 23.5. The van der Waals surface area contributed by atoms with E-state index in [0.29, 0.717) is 27.1 Å². The van der Waals surface area contributed by atoms with E-state index in [-0.39, 0.29) is 5.54 Å². The van der Waals surface area contributed by atoms with Gasteiger partial charge in [-0.05, 0) is 80.3 Å². The third-order valence-electron chi connectivity index (χ3n) is 7.62. The average molecular weight is 581 g/mol. The Morgan fingerprint density at radius 3 is 2.54 bits per heavy atom. The molecular weight excluding hydrogens is 545 g/mol. The summed E-state index contributed by atoms with van der Waals surface area (Å²) in [5.74, 6) is 0.00943. The highest BCUT2D eigenvalue weighted by Crippen LogP contribution is 2.40. The fourth-order valence-corrected chi connectivity index (χ4v) is 6.45. The van der Waals surface area contributed by atoms with E-state index in [1.807, 2.05) is 23.6 Å². The minimum Gasteiger partial charge on any atom is -0.380 e. The van der Waals surface area contributed by atoms with Gasteiger partial charge in [0.1, 0.15) is 6.10 Å². The SMILES string of the molecule is CC(C)(C)NC[C@H]1CCCN(c2ccc(-c3csc4cc(C(F)(F)F)ccc34)cc2C(=O)C(O)c2ccccc2)C1. The van der Waals surface area contributed by atoms with Crippen molar-refractivity contribution in [2.24, 2.45) is 5.92 Å².